The standard InChI is InChI=1S/C17H15ClN2O3S/c1-11(21)12-5-4-6-13(9-12)19-17(24)20-16(22)10-23-15-8-3-2-7-14(15)18/h2-9H,10H2,1H3,(H2,19,20,22,24). The number of halogens is 1. The van der Waals surface area contributed by atoms with E-state index in [0.29, 0.717) is 22.0 Å². The third-order valence-corrected chi connectivity index (χ3v) is 3.49. The maximum Gasteiger partial charge on any atom is 0.264 e. The molecule has 2 N–H and O–H groups in total. The zero-order valence-electron chi connectivity index (χ0n) is 12.8. The van der Waals surface area contributed by atoms with Crippen LogP contribution in [0.5, 0.6) is 5.75 Å². The van der Waals surface area contributed by atoms with Gasteiger partial charge in [0.1, 0.15) is 5.75 Å². The van der Waals surface area contributed by atoms with Gasteiger partial charge in [0.25, 0.3) is 5.91 Å². The summed E-state index contributed by atoms with van der Waals surface area (Å²) in [6.45, 7) is 1.25. The second-order valence-corrected chi connectivity index (χ2v) is 5.67. The smallest absolute Gasteiger partial charge is 0.264 e. The number of amides is 1. The van der Waals surface area contributed by atoms with Crippen molar-refractivity contribution in [1.82, 2.24) is 5.32 Å². The van der Waals surface area contributed by atoms with Gasteiger partial charge in [-0.25, -0.2) is 0 Å². The molecule has 0 bridgehead atoms. The van der Waals surface area contributed by atoms with Gasteiger partial charge >= 0.3 is 0 Å². The second kappa shape index (κ2) is 8.42. The Labute approximate surface area is 150 Å². The van der Waals surface area contributed by atoms with Crippen molar-refractivity contribution in [3.63, 3.8) is 0 Å². The molecule has 2 aromatic carbocycles. The van der Waals surface area contributed by atoms with Crippen molar-refractivity contribution < 1.29 is 14.3 Å². The molecule has 2 aromatic rings. The fourth-order valence-corrected chi connectivity index (χ4v) is 2.27. The number of para-hydroxylation sites is 1. The Morgan fingerprint density at radius 2 is 1.92 bits per heavy atom. The van der Waals surface area contributed by atoms with E-state index in [-0.39, 0.29) is 17.5 Å². The Hall–Kier alpha value is -2.44. The Balaban J connectivity index is 1.86. The van der Waals surface area contributed by atoms with Crippen molar-refractivity contribution in [3.05, 3.63) is 59.1 Å². The molecule has 0 radical (unpaired) electrons. The zero-order valence-corrected chi connectivity index (χ0v) is 14.4. The number of anilines is 1. The van der Waals surface area contributed by atoms with Crippen molar-refractivity contribution in [2.45, 2.75) is 6.92 Å². The molecule has 0 fully saturated rings. The van der Waals surface area contributed by atoms with Crippen LogP contribution in [0.1, 0.15) is 17.3 Å². The quantitative estimate of drug-likeness (QED) is 0.630. The van der Waals surface area contributed by atoms with Crippen molar-refractivity contribution in [2.24, 2.45) is 0 Å². The third-order valence-electron chi connectivity index (χ3n) is 2.98. The van der Waals surface area contributed by atoms with Crippen LogP contribution in [0.4, 0.5) is 5.69 Å². The molecule has 0 aliphatic rings. The molecule has 124 valence electrons. The van der Waals surface area contributed by atoms with Gasteiger partial charge in [0.15, 0.2) is 17.5 Å². The van der Waals surface area contributed by atoms with Gasteiger partial charge in [0, 0.05) is 11.3 Å². The monoisotopic (exact) mass is 362 g/mol. The molecule has 0 saturated heterocycles. The molecule has 0 spiro atoms. The van der Waals surface area contributed by atoms with Crippen LogP contribution in [0, 0.1) is 0 Å². The number of thiocarbonyl (C=S) groups is 1. The van der Waals surface area contributed by atoms with Gasteiger partial charge in [-0.3, -0.25) is 14.9 Å². The number of rotatable bonds is 5. The number of ketones is 1. The second-order valence-electron chi connectivity index (χ2n) is 4.86. The van der Waals surface area contributed by atoms with E-state index in [1.807, 2.05) is 0 Å². The maximum absolute atomic E-state index is 11.8. The lowest BCUT2D eigenvalue weighted by atomic mass is 10.1. The van der Waals surface area contributed by atoms with E-state index in [2.05, 4.69) is 10.6 Å². The number of carbonyl (C=O) groups is 2. The van der Waals surface area contributed by atoms with E-state index >= 15 is 0 Å². The number of Topliss-reactive ketones (excluding diaryl/α,β-unsaturated/α-hetero) is 1. The molecule has 0 aliphatic carbocycles. The van der Waals surface area contributed by atoms with Crippen LogP contribution in [0.25, 0.3) is 0 Å². The molecule has 0 atom stereocenters. The van der Waals surface area contributed by atoms with E-state index in [4.69, 9.17) is 28.6 Å². The van der Waals surface area contributed by atoms with Crippen molar-refractivity contribution in [2.75, 3.05) is 11.9 Å². The summed E-state index contributed by atoms with van der Waals surface area (Å²) in [4.78, 5) is 23.2. The third kappa shape index (κ3) is 5.33. The number of carbonyl (C=O) groups excluding carboxylic acids is 2. The highest BCUT2D eigenvalue weighted by atomic mass is 35.5. The maximum atomic E-state index is 11.8. The molecule has 1 amide bonds. The minimum Gasteiger partial charge on any atom is -0.482 e. The number of hydrogen-bond acceptors (Lipinski definition) is 4. The lowest BCUT2D eigenvalue weighted by molar-refractivity contribution is -0.121. The van der Waals surface area contributed by atoms with Crippen molar-refractivity contribution in [1.29, 1.82) is 0 Å². The molecule has 0 unspecified atom stereocenters. The van der Waals surface area contributed by atoms with E-state index in [1.165, 1.54) is 6.92 Å². The minimum atomic E-state index is -0.421. The van der Waals surface area contributed by atoms with Gasteiger partial charge in [-0.05, 0) is 43.4 Å². The van der Waals surface area contributed by atoms with Crippen LogP contribution in [-0.2, 0) is 4.79 Å². The largest absolute Gasteiger partial charge is 0.482 e. The highest BCUT2D eigenvalue weighted by Gasteiger charge is 2.08. The molecule has 5 nitrogen and oxygen atoms in total. The predicted molar refractivity (Wildman–Crippen MR) is 97.8 cm³/mol. The molecule has 0 heterocycles. The normalized spacial score (nSPS) is 9.92. The summed E-state index contributed by atoms with van der Waals surface area (Å²) in [5.41, 5.74) is 1.16. The first-order valence-electron chi connectivity index (χ1n) is 7.05. The van der Waals surface area contributed by atoms with Crippen LogP contribution in [-0.4, -0.2) is 23.4 Å². The van der Waals surface area contributed by atoms with Crippen LogP contribution < -0.4 is 15.4 Å². The first-order valence-corrected chi connectivity index (χ1v) is 7.83. The lowest BCUT2D eigenvalue weighted by Crippen LogP contribution is -2.37. The van der Waals surface area contributed by atoms with Gasteiger partial charge in [0.05, 0.1) is 5.02 Å². The van der Waals surface area contributed by atoms with Crippen LogP contribution in [0.3, 0.4) is 0 Å². The molecule has 0 aliphatic heterocycles. The molecule has 7 heteroatoms. The summed E-state index contributed by atoms with van der Waals surface area (Å²) in [7, 11) is 0. The van der Waals surface area contributed by atoms with E-state index in [9.17, 15) is 9.59 Å². The summed E-state index contributed by atoms with van der Waals surface area (Å²) in [5.74, 6) is -0.0563. The van der Waals surface area contributed by atoms with Crippen LogP contribution in [0.15, 0.2) is 48.5 Å². The number of nitrogens with one attached hydrogen (secondary N) is 2. The van der Waals surface area contributed by atoms with E-state index in [0.717, 1.165) is 0 Å². The minimum absolute atomic E-state index is 0.0539. The first kappa shape index (κ1) is 17.9. The Kier molecular flexibility index (Phi) is 6.28. The summed E-state index contributed by atoms with van der Waals surface area (Å²) in [6.07, 6.45) is 0. The molecule has 0 saturated carbocycles. The summed E-state index contributed by atoms with van der Waals surface area (Å²) < 4.78 is 5.32. The van der Waals surface area contributed by atoms with Crippen molar-refractivity contribution >= 4 is 46.3 Å². The highest BCUT2D eigenvalue weighted by molar-refractivity contribution is 7.80. The first-order chi connectivity index (χ1) is 11.5. The van der Waals surface area contributed by atoms with Crippen molar-refractivity contribution in [3.8, 4) is 5.75 Å². The van der Waals surface area contributed by atoms with Crippen LogP contribution in [0.2, 0.25) is 5.02 Å². The fraction of sp³-hybridized carbons (Fsp3) is 0.118. The fourth-order valence-electron chi connectivity index (χ4n) is 1.85. The Morgan fingerprint density at radius 3 is 2.62 bits per heavy atom. The summed E-state index contributed by atoms with van der Waals surface area (Å²) >= 11 is 11.0. The lowest BCUT2D eigenvalue weighted by Gasteiger charge is -2.11. The predicted octanol–water partition coefficient (Wildman–Crippen LogP) is 3.43. The zero-order chi connectivity index (χ0) is 17.5. The number of hydrogen-bond donors (Lipinski definition) is 2. The molecular formula is C17H15ClN2O3S. The van der Waals surface area contributed by atoms with E-state index in [1.54, 1.807) is 48.5 Å². The van der Waals surface area contributed by atoms with Gasteiger partial charge in [-0.1, -0.05) is 35.9 Å². The Bertz CT molecular complexity index is 780. The Morgan fingerprint density at radius 1 is 1.17 bits per heavy atom. The summed E-state index contributed by atoms with van der Waals surface area (Å²) in [5, 5.41) is 5.88. The summed E-state index contributed by atoms with van der Waals surface area (Å²) in [6, 6.07) is 13.7. The average Bonchev–Trinajstić information content (AvgIpc) is 2.54. The topological polar surface area (TPSA) is 67.4 Å². The van der Waals surface area contributed by atoms with Gasteiger partial charge < -0.3 is 10.1 Å². The average molecular weight is 363 g/mol. The van der Waals surface area contributed by atoms with Crippen LogP contribution >= 0.6 is 23.8 Å². The van der Waals surface area contributed by atoms with Gasteiger partial charge in [0.2, 0.25) is 0 Å². The molecular weight excluding hydrogens is 348 g/mol. The molecule has 24 heavy (non-hydrogen) atoms. The van der Waals surface area contributed by atoms with Gasteiger partial charge in [-0.15, -0.1) is 0 Å². The number of ether oxygens (including phenoxy) is 1. The van der Waals surface area contributed by atoms with Gasteiger partial charge in [-0.2, -0.15) is 0 Å². The SMILES string of the molecule is CC(=O)c1cccc(NC(=S)NC(=O)COc2ccccc2Cl)c1. The molecule has 2 rings (SSSR count). The van der Waals surface area contributed by atoms with E-state index < -0.39 is 5.91 Å². The molecule has 0 aromatic heterocycles. The number of benzene rings is 2. The highest BCUT2D eigenvalue weighted by Crippen LogP contribution is 2.22.